The average Bonchev–Trinajstić information content (AvgIpc) is 2.59. The molecule has 0 aliphatic carbocycles. The highest BCUT2D eigenvalue weighted by atomic mass is 79.9. The molecule has 0 atom stereocenters. The van der Waals surface area contributed by atoms with Crippen LogP contribution in [-0.2, 0) is 6.54 Å². The number of hydrogen-bond acceptors (Lipinski definition) is 2. The van der Waals surface area contributed by atoms with Crippen molar-refractivity contribution in [3.05, 3.63) is 52.0 Å². The number of nitrogen functional groups attached to an aromatic ring is 1. The molecule has 1 aromatic heterocycles. The van der Waals surface area contributed by atoms with E-state index in [4.69, 9.17) is 11.0 Å². The molecule has 0 unspecified atom stereocenters. The van der Waals surface area contributed by atoms with Gasteiger partial charge < -0.3 is 10.3 Å². The van der Waals surface area contributed by atoms with Gasteiger partial charge in [0, 0.05) is 5.56 Å². The van der Waals surface area contributed by atoms with Gasteiger partial charge in [0.05, 0.1) is 12.2 Å². The maximum atomic E-state index is 13.5. The first-order chi connectivity index (χ1) is 8.13. The monoisotopic (exact) mass is 293 g/mol. The molecule has 0 saturated heterocycles. The highest BCUT2D eigenvalue weighted by molar-refractivity contribution is 9.10. The van der Waals surface area contributed by atoms with Crippen LogP contribution in [0.2, 0.25) is 0 Å². The molecule has 0 saturated carbocycles. The molecule has 17 heavy (non-hydrogen) atoms. The Morgan fingerprint density at radius 2 is 2.12 bits per heavy atom. The van der Waals surface area contributed by atoms with Gasteiger partial charge in [-0.3, -0.25) is 0 Å². The predicted octanol–water partition coefficient (Wildman–Crippen LogP) is 2.89. The Labute approximate surface area is 106 Å². The van der Waals surface area contributed by atoms with Crippen molar-refractivity contribution < 1.29 is 4.39 Å². The summed E-state index contributed by atoms with van der Waals surface area (Å²) in [5.74, 6) is -0.296. The van der Waals surface area contributed by atoms with Gasteiger partial charge in [-0.1, -0.05) is 18.2 Å². The zero-order chi connectivity index (χ0) is 12.4. The fourth-order valence-electron chi connectivity index (χ4n) is 1.59. The van der Waals surface area contributed by atoms with E-state index in [0.717, 1.165) is 0 Å². The van der Waals surface area contributed by atoms with Crippen molar-refractivity contribution in [1.29, 1.82) is 5.26 Å². The van der Waals surface area contributed by atoms with Crippen molar-refractivity contribution >= 4 is 21.6 Å². The summed E-state index contributed by atoms with van der Waals surface area (Å²) in [6.07, 6.45) is 0. The minimum atomic E-state index is -0.296. The standard InChI is InChI=1S/C12H9BrFN3/c13-12-11(16)5-9(6-15)17(12)7-8-3-1-2-4-10(8)14/h1-5H,7,16H2. The summed E-state index contributed by atoms with van der Waals surface area (Å²) in [5.41, 5.74) is 7.08. The number of halogens is 2. The fraction of sp³-hybridized carbons (Fsp3) is 0.0833. The number of nitrogens with zero attached hydrogens (tertiary/aromatic N) is 2. The molecule has 2 rings (SSSR count). The van der Waals surface area contributed by atoms with Crippen LogP contribution in [0.1, 0.15) is 11.3 Å². The summed E-state index contributed by atoms with van der Waals surface area (Å²) in [7, 11) is 0. The van der Waals surface area contributed by atoms with Crippen LogP contribution in [0.5, 0.6) is 0 Å². The summed E-state index contributed by atoms with van der Waals surface area (Å²) in [5, 5.41) is 8.96. The molecule has 2 N–H and O–H groups in total. The Bertz CT molecular complexity index is 598. The van der Waals surface area contributed by atoms with E-state index in [-0.39, 0.29) is 12.4 Å². The van der Waals surface area contributed by atoms with Crippen LogP contribution in [0.3, 0.4) is 0 Å². The van der Waals surface area contributed by atoms with Gasteiger partial charge in [-0.25, -0.2) is 4.39 Å². The van der Waals surface area contributed by atoms with Crippen LogP contribution in [-0.4, -0.2) is 4.57 Å². The van der Waals surface area contributed by atoms with Crippen molar-refractivity contribution in [3.63, 3.8) is 0 Å². The minimum absolute atomic E-state index is 0.271. The average molecular weight is 294 g/mol. The molecule has 1 heterocycles. The Hall–Kier alpha value is -1.80. The molecule has 2 aromatic rings. The molecule has 0 radical (unpaired) electrons. The third kappa shape index (κ3) is 2.17. The topological polar surface area (TPSA) is 54.7 Å². The first kappa shape index (κ1) is 11.7. The van der Waals surface area contributed by atoms with Gasteiger partial charge >= 0.3 is 0 Å². The molecule has 0 fully saturated rings. The quantitative estimate of drug-likeness (QED) is 0.926. The number of aromatic nitrogens is 1. The lowest BCUT2D eigenvalue weighted by molar-refractivity contribution is 0.597. The second-order valence-electron chi connectivity index (χ2n) is 3.57. The highest BCUT2D eigenvalue weighted by Crippen LogP contribution is 2.25. The lowest BCUT2D eigenvalue weighted by Crippen LogP contribution is -2.04. The van der Waals surface area contributed by atoms with E-state index in [9.17, 15) is 4.39 Å². The molecule has 86 valence electrons. The molecule has 5 heteroatoms. The Morgan fingerprint density at radius 1 is 1.41 bits per heavy atom. The van der Waals surface area contributed by atoms with E-state index in [1.807, 2.05) is 6.07 Å². The van der Waals surface area contributed by atoms with E-state index in [1.165, 1.54) is 6.07 Å². The Balaban J connectivity index is 2.44. The SMILES string of the molecule is N#Cc1cc(N)c(Br)n1Cc1ccccc1F. The van der Waals surface area contributed by atoms with Crippen molar-refractivity contribution in [3.8, 4) is 6.07 Å². The Kier molecular flexibility index (Phi) is 3.16. The van der Waals surface area contributed by atoms with Gasteiger partial charge in [0.2, 0.25) is 0 Å². The van der Waals surface area contributed by atoms with Gasteiger partial charge in [0.25, 0.3) is 0 Å². The molecular weight excluding hydrogens is 285 g/mol. The zero-order valence-corrected chi connectivity index (χ0v) is 10.4. The van der Waals surface area contributed by atoms with Crippen LogP contribution in [0.4, 0.5) is 10.1 Å². The smallest absolute Gasteiger partial charge is 0.128 e. The van der Waals surface area contributed by atoms with Gasteiger partial charge in [-0.15, -0.1) is 0 Å². The summed E-state index contributed by atoms with van der Waals surface area (Å²) in [6, 6.07) is 10.0. The van der Waals surface area contributed by atoms with E-state index < -0.39 is 0 Å². The van der Waals surface area contributed by atoms with Gasteiger partial charge in [-0.05, 0) is 28.1 Å². The summed E-state index contributed by atoms with van der Waals surface area (Å²) in [6.45, 7) is 0.271. The van der Waals surface area contributed by atoms with E-state index in [2.05, 4.69) is 15.9 Å². The second-order valence-corrected chi connectivity index (χ2v) is 4.32. The number of benzene rings is 1. The highest BCUT2D eigenvalue weighted by Gasteiger charge is 2.12. The van der Waals surface area contributed by atoms with Crippen LogP contribution in [0.25, 0.3) is 0 Å². The molecule has 3 nitrogen and oxygen atoms in total. The largest absolute Gasteiger partial charge is 0.397 e. The van der Waals surface area contributed by atoms with E-state index in [1.54, 1.807) is 28.8 Å². The number of nitrogens with two attached hydrogens (primary N) is 1. The maximum absolute atomic E-state index is 13.5. The summed E-state index contributed by atoms with van der Waals surface area (Å²) in [4.78, 5) is 0. The van der Waals surface area contributed by atoms with Gasteiger partial charge in [0.15, 0.2) is 0 Å². The third-order valence-electron chi connectivity index (χ3n) is 2.46. The summed E-state index contributed by atoms with van der Waals surface area (Å²) < 4.78 is 15.7. The fourth-order valence-corrected chi connectivity index (χ4v) is 2.02. The molecule has 0 spiro atoms. The number of nitriles is 1. The lowest BCUT2D eigenvalue weighted by atomic mass is 10.2. The first-order valence-electron chi connectivity index (χ1n) is 4.91. The maximum Gasteiger partial charge on any atom is 0.128 e. The summed E-state index contributed by atoms with van der Waals surface area (Å²) >= 11 is 3.29. The van der Waals surface area contributed by atoms with Crippen molar-refractivity contribution in [2.45, 2.75) is 6.54 Å². The molecule has 1 aromatic carbocycles. The normalized spacial score (nSPS) is 10.2. The Morgan fingerprint density at radius 3 is 2.76 bits per heavy atom. The molecule has 0 aliphatic rings. The molecule has 0 aliphatic heterocycles. The van der Waals surface area contributed by atoms with Crippen molar-refractivity contribution in [2.24, 2.45) is 0 Å². The van der Waals surface area contributed by atoms with Crippen LogP contribution in [0.15, 0.2) is 34.9 Å². The number of rotatable bonds is 2. The first-order valence-corrected chi connectivity index (χ1v) is 5.70. The van der Waals surface area contributed by atoms with Gasteiger partial charge in [0.1, 0.15) is 22.2 Å². The molecule has 0 amide bonds. The van der Waals surface area contributed by atoms with Crippen molar-refractivity contribution in [2.75, 3.05) is 5.73 Å². The van der Waals surface area contributed by atoms with E-state index in [0.29, 0.717) is 21.5 Å². The molecule has 0 bridgehead atoms. The van der Waals surface area contributed by atoms with Crippen molar-refractivity contribution in [1.82, 2.24) is 4.57 Å². The minimum Gasteiger partial charge on any atom is -0.397 e. The number of anilines is 1. The van der Waals surface area contributed by atoms with Gasteiger partial charge in [-0.2, -0.15) is 5.26 Å². The second kappa shape index (κ2) is 4.60. The van der Waals surface area contributed by atoms with Crippen LogP contribution >= 0.6 is 15.9 Å². The van der Waals surface area contributed by atoms with E-state index >= 15 is 0 Å². The predicted molar refractivity (Wildman–Crippen MR) is 66.8 cm³/mol. The lowest BCUT2D eigenvalue weighted by Gasteiger charge is -2.08. The zero-order valence-electron chi connectivity index (χ0n) is 8.82. The van der Waals surface area contributed by atoms with Crippen LogP contribution < -0.4 is 5.73 Å². The third-order valence-corrected chi connectivity index (χ3v) is 3.34. The molecular formula is C12H9BrFN3. The number of hydrogen-bond donors (Lipinski definition) is 1. The van der Waals surface area contributed by atoms with Crippen LogP contribution in [0, 0.1) is 17.1 Å².